The zero-order valence-corrected chi connectivity index (χ0v) is 14.9. The van der Waals surface area contributed by atoms with Crippen molar-refractivity contribution in [3.8, 4) is 11.4 Å². The Hall–Kier alpha value is -3.06. The number of carbonyl (C=O) groups excluding carboxylic acids is 1. The zero-order chi connectivity index (χ0) is 18.6. The van der Waals surface area contributed by atoms with Gasteiger partial charge in [0.15, 0.2) is 15.7 Å². The average molecular weight is 367 g/mol. The van der Waals surface area contributed by atoms with Gasteiger partial charge in [-0.1, -0.05) is 42.5 Å². The van der Waals surface area contributed by atoms with Crippen LogP contribution in [0.1, 0.15) is 15.9 Å². The van der Waals surface area contributed by atoms with Crippen LogP contribution in [-0.4, -0.2) is 30.5 Å². The maximum atomic E-state index is 12.4. The molecule has 0 fully saturated rings. The second-order valence-electron chi connectivity index (χ2n) is 5.89. The molecule has 6 nitrogen and oxygen atoms in total. The van der Waals surface area contributed by atoms with Crippen molar-refractivity contribution in [2.75, 3.05) is 11.6 Å². The van der Waals surface area contributed by atoms with E-state index in [1.807, 2.05) is 30.3 Å². The molecule has 0 unspecified atom stereocenters. The van der Waals surface area contributed by atoms with Gasteiger partial charge in [0.2, 0.25) is 0 Å². The third-order valence-corrected chi connectivity index (χ3v) is 4.42. The molecule has 1 amide bonds. The van der Waals surface area contributed by atoms with Gasteiger partial charge < -0.3 is 5.32 Å². The molecular weight excluding hydrogens is 350 g/mol. The number of benzene rings is 2. The Kier molecular flexibility index (Phi) is 5.09. The predicted molar refractivity (Wildman–Crippen MR) is 100 cm³/mol. The summed E-state index contributed by atoms with van der Waals surface area (Å²) in [4.78, 5) is 20.9. The summed E-state index contributed by atoms with van der Waals surface area (Å²) in [5, 5.41) is 2.71. The van der Waals surface area contributed by atoms with Gasteiger partial charge in [0.1, 0.15) is 0 Å². The topological polar surface area (TPSA) is 89.0 Å². The minimum Gasteiger partial charge on any atom is -0.319 e. The maximum Gasteiger partial charge on any atom is 0.255 e. The van der Waals surface area contributed by atoms with E-state index in [4.69, 9.17) is 0 Å². The second-order valence-corrected chi connectivity index (χ2v) is 8.03. The normalized spacial score (nSPS) is 11.1. The number of nitrogens with one attached hydrogen (secondary N) is 1. The van der Waals surface area contributed by atoms with Gasteiger partial charge in [-0.2, -0.15) is 0 Å². The Morgan fingerprint density at radius 2 is 1.69 bits per heavy atom. The summed E-state index contributed by atoms with van der Waals surface area (Å²) < 4.78 is 22.8. The molecule has 26 heavy (non-hydrogen) atoms. The molecule has 0 saturated heterocycles. The Labute approximate surface area is 151 Å². The number of hydrogen-bond donors (Lipinski definition) is 1. The Bertz CT molecular complexity index is 1020. The fraction of sp³-hybridized carbons (Fsp3) is 0.105. The number of rotatable bonds is 5. The largest absolute Gasteiger partial charge is 0.319 e. The Morgan fingerprint density at radius 3 is 2.35 bits per heavy atom. The lowest BCUT2D eigenvalue weighted by molar-refractivity contribution is 0.102. The summed E-state index contributed by atoms with van der Waals surface area (Å²) in [7, 11) is -3.16. The molecule has 0 radical (unpaired) electrons. The highest BCUT2D eigenvalue weighted by molar-refractivity contribution is 7.89. The number of anilines is 1. The minimum atomic E-state index is -3.16. The van der Waals surface area contributed by atoms with Crippen molar-refractivity contribution in [3.05, 3.63) is 78.1 Å². The van der Waals surface area contributed by atoms with Crippen LogP contribution in [0.2, 0.25) is 0 Å². The molecule has 1 N–H and O–H groups in total. The smallest absolute Gasteiger partial charge is 0.255 e. The third-order valence-electron chi connectivity index (χ3n) is 3.56. The number of carbonyl (C=O) groups is 1. The number of amides is 1. The lowest BCUT2D eigenvalue weighted by Gasteiger charge is -2.07. The van der Waals surface area contributed by atoms with E-state index in [1.54, 1.807) is 24.3 Å². The van der Waals surface area contributed by atoms with Crippen LogP contribution < -0.4 is 5.32 Å². The van der Waals surface area contributed by atoms with Gasteiger partial charge in [-0.25, -0.2) is 18.4 Å². The van der Waals surface area contributed by atoms with E-state index in [1.165, 1.54) is 12.4 Å². The van der Waals surface area contributed by atoms with Crippen LogP contribution in [0.5, 0.6) is 0 Å². The molecule has 0 aliphatic carbocycles. The molecule has 132 valence electrons. The molecule has 3 rings (SSSR count). The molecule has 0 spiro atoms. The highest BCUT2D eigenvalue weighted by Crippen LogP contribution is 2.16. The number of sulfone groups is 1. The second kappa shape index (κ2) is 7.45. The van der Waals surface area contributed by atoms with Crippen LogP contribution in [0.15, 0.2) is 67.0 Å². The van der Waals surface area contributed by atoms with Gasteiger partial charge in [0, 0.05) is 17.4 Å². The lowest BCUT2D eigenvalue weighted by atomic mass is 10.1. The number of aromatic nitrogens is 2. The van der Waals surface area contributed by atoms with Crippen molar-refractivity contribution in [2.45, 2.75) is 5.75 Å². The molecule has 0 saturated carbocycles. The molecule has 7 heteroatoms. The van der Waals surface area contributed by atoms with E-state index >= 15 is 0 Å². The number of hydrogen-bond acceptors (Lipinski definition) is 5. The summed E-state index contributed by atoms with van der Waals surface area (Å²) >= 11 is 0. The highest BCUT2D eigenvalue weighted by Gasteiger charge is 2.10. The fourth-order valence-corrected chi connectivity index (χ4v) is 3.22. The van der Waals surface area contributed by atoms with E-state index in [0.29, 0.717) is 22.6 Å². The molecule has 0 aliphatic heterocycles. The van der Waals surface area contributed by atoms with Crippen LogP contribution in [-0.2, 0) is 15.6 Å². The van der Waals surface area contributed by atoms with Gasteiger partial charge in [0.25, 0.3) is 5.91 Å². The third kappa shape index (κ3) is 4.73. The monoisotopic (exact) mass is 367 g/mol. The molecule has 0 aliphatic rings. The van der Waals surface area contributed by atoms with Crippen molar-refractivity contribution in [2.24, 2.45) is 0 Å². The average Bonchev–Trinajstić information content (AvgIpc) is 2.62. The van der Waals surface area contributed by atoms with Crippen molar-refractivity contribution < 1.29 is 13.2 Å². The van der Waals surface area contributed by atoms with Gasteiger partial charge in [0.05, 0.1) is 23.8 Å². The standard InChI is InChI=1S/C19H17N3O3S/c1-26(24,25)13-14-6-5-9-16(10-14)19(23)22-17-11-20-18(21-12-17)15-7-3-2-4-8-15/h2-12H,13H2,1H3,(H,22,23). The Morgan fingerprint density at radius 1 is 1.00 bits per heavy atom. The van der Waals surface area contributed by atoms with Crippen LogP contribution in [0.4, 0.5) is 5.69 Å². The van der Waals surface area contributed by atoms with Crippen LogP contribution in [0, 0.1) is 0 Å². The zero-order valence-electron chi connectivity index (χ0n) is 14.1. The van der Waals surface area contributed by atoms with Gasteiger partial charge in [-0.05, 0) is 17.7 Å². The minimum absolute atomic E-state index is 0.108. The quantitative estimate of drug-likeness (QED) is 0.749. The van der Waals surface area contributed by atoms with Crippen molar-refractivity contribution in [1.82, 2.24) is 9.97 Å². The maximum absolute atomic E-state index is 12.4. The van der Waals surface area contributed by atoms with Crippen molar-refractivity contribution in [3.63, 3.8) is 0 Å². The molecule has 2 aromatic carbocycles. The van der Waals surface area contributed by atoms with E-state index in [2.05, 4.69) is 15.3 Å². The first-order chi connectivity index (χ1) is 12.4. The van der Waals surface area contributed by atoms with Crippen LogP contribution in [0.25, 0.3) is 11.4 Å². The summed E-state index contributed by atoms with van der Waals surface area (Å²) in [5.74, 6) is 0.110. The molecule has 0 atom stereocenters. The summed E-state index contributed by atoms with van der Waals surface area (Å²) in [6.07, 6.45) is 4.23. The molecule has 0 bridgehead atoms. The van der Waals surface area contributed by atoms with Gasteiger partial charge in [-0.3, -0.25) is 4.79 Å². The fourth-order valence-electron chi connectivity index (χ4n) is 2.44. The predicted octanol–water partition coefficient (Wildman–Crippen LogP) is 2.94. The van der Waals surface area contributed by atoms with E-state index in [9.17, 15) is 13.2 Å². The van der Waals surface area contributed by atoms with E-state index in [-0.39, 0.29) is 11.7 Å². The Balaban J connectivity index is 1.73. The highest BCUT2D eigenvalue weighted by atomic mass is 32.2. The van der Waals surface area contributed by atoms with Crippen LogP contribution in [0.3, 0.4) is 0 Å². The van der Waals surface area contributed by atoms with Crippen molar-refractivity contribution in [1.29, 1.82) is 0 Å². The van der Waals surface area contributed by atoms with Gasteiger partial charge in [-0.15, -0.1) is 0 Å². The van der Waals surface area contributed by atoms with E-state index < -0.39 is 9.84 Å². The number of nitrogens with zero attached hydrogens (tertiary/aromatic N) is 2. The molecule has 1 aromatic heterocycles. The van der Waals surface area contributed by atoms with E-state index in [0.717, 1.165) is 11.8 Å². The molecular formula is C19H17N3O3S. The first-order valence-corrected chi connectivity index (χ1v) is 9.92. The summed E-state index contributed by atoms with van der Waals surface area (Å²) in [6, 6.07) is 16.0. The van der Waals surface area contributed by atoms with Gasteiger partial charge >= 0.3 is 0 Å². The van der Waals surface area contributed by atoms with Crippen LogP contribution >= 0.6 is 0 Å². The lowest BCUT2D eigenvalue weighted by Crippen LogP contribution is -2.13. The summed E-state index contributed by atoms with van der Waals surface area (Å²) in [6.45, 7) is 0. The first kappa shape index (κ1) is 17.8. The van der Waals surface area contributed by atoms with Crippen molar-refractivity contribution >= 4 is 21.4 Å². The first-order valence-electron chi connectivity index (χ1n) is 7.86. The summed E-state index contributed by atoms with van der Waals surface area (Å²) in [5.41, 5.74) is 2.29. The molecule has 1 heterocycles. The SMILES string of the molecule is CS(=O)(=O)Cc1cccc(C(=O)Nc2cnc(-c3ccccc3)nc2)c1. The molecule has 3 aromatic rings.